The summed E-state index contributed by atoms with van der Waals surface area (Å²) >= 11 is 7.72. The number of hydrogen-bond donors (Lipinski definition) is 2. The van der Waals surface area contributed by atoms with Crippen molar-refractivity contribution in [2.45, 2.75) is 11.4 Å². The van der Waals surface area contributed by atoms with Crippen LogP contribution in [0.3, 0.4) is 0 Å². The van der Waals surface area contributed by atoms with Crippen LogP contribution in [0.1, 0.15) is 5.56 Å². The second-order valence-electron chi connectivity index (χ2n) is 6.97. The van der Waals surface area contributed by atoms with Crippen molar-refractivity contribution in [1.82, 2.24) is 20.5 Å². The molecule has 0 amide bonds. The Bertz CT molecular complexity index is 790. The van der Waals surface area contributed by atoms with E-state index in [1.807, 2.05) is 30.5 Å². The molecule has 2 heterocycles. The summed E-state index contributed by atoms with van der Waals surface area (Å²) in [7, 11) is 3.96. The number of rotatable bonds is 7. The predicted molar refractivity (Wildman–Crippen MR) is 124 cm³/mol. The van der Waals surface area contributed by atoms with Crippen LogP contribution in [0.4, 0.5) is 5.82 Å². The maximum absolute atomic E-state index is 5.92. The Kier molecular flexibility index (Phi) is 8.46. The number of guanidine groups is 1. The van der Waals surface area contributed by atoms with E-state index in [2.05, 4.69) is 49.6 Å². The largest absolute Gasteiger partial charge is 0.356 e. The highest BCUT2D eigenvalue weighted by Crippen LogP contribution is 2.19. The van der Waals surface area contributed by atoms with Crippen molar-refractivity contribution in [3.05, 3.63) is 53.2 Å². The summed E-state index contributed by atoms with van der Waals surface area (Å²) < 4.78 is 0. The zero-order valence-electron chi connectivity index (χ0n) is 17.1. The summed E-state index contributed by atoms with van der Waals surface area (Å²) in [5, 5.41) is 7.52. The Morgan fingerprint density at radius 1 is 1.14 bits per heavy atom. The summed E-state index contributed by atoms with van der Waals surface area (Å²) in [5.74, 6) is 2.81. The topological polar surface area (TPSA) is 55.8 Å². The zero-order chi connectivity index (χ0) is 20.5. The average molecular weight is 433 g/mol. The molecule has 0 atom stereocenters. The molecular weight excluding hydrogens is 404 g/mol. The van der Waals surface area contributed by atoms with E-state index in [1.54, 1.807) is 18.8 Å². The molecule has 156 valence electrons. The van der Waals surface area contributed by atoms with Crippen molar-refractivity contribution >= 4 is 35.1 Å². The van der Waals surface area contributed by atoms with E-state index in [0.29, 0.717) is 6.54 Å². The Morgan fingerprint density at radius 3 is 2.62 bits per heavy atom. The van der Waals surface area contributed by atoms with Crippen LogP contribution in [-0.4, -0.2) is 68.4 Å². The third-order valence-corrected chi connectivity index (χ3v) is 6.06. The lowest BCUT2D eigenvalue weighted by Crippen LogP contribution is -2.44. The van der Waals surface area contributed by atoms with Crippen LogP contribution in [0.25, 0.3) is 0 Å². The van der Waals surface area contributed by atoms with Crippen molar-refractivity contribution in [3.63, 3.8) is 0 Å². The van der Waals surface area contributed by atoms with Gasteiger partial charge < -0.3 is 20.4 Å². The number of piperazine rings is 1. The number of halogens is 1. The first-order chi connectivity index (χ1) is 14.1. The number of nitrogens with zero attached hydrogens (tertiary/aromatic N) is 4. The highest BCUT2D eigenvalue weighted by atomic mass is 35.5. The van der Waals surface area contributed by atoms with Crippen LogP contribution in [0.5, 0.6) is 0 Å². The van der Waals surface area contributed by atoms with Gasteiger partial charge in [-0.1, -0.05) is 11.6 Å². The van der Waals surface area contributed by atoms with E-state index < -0.39 is 0 Å². The molecule has 0 saturated carbocycles. The SMILES string of the molecule is CN=C(NCCSc1ccc(Cl)cc1)NCc1ccnc(N2CCN(C)CC2)c1. The third kappa shape index (κ3) is 7.10. The van der Waals surface area contributed by atoms with E-state index in [9.17, 15) is 0 Å². The van der Waals surface area contributed by atoms with E-state index in [-0.39, 0.29) is 0 Å². The van der Waals surface area contributed by atoms with E-state index in [1.165, 1.54) is 10.5 Å². The van der Waals surface area contributed by atoms with Crippen molar-refractivity contribution < 1.29 is 0 Å². The number of benzene rings is 1. The molecular formula is C21H29ClN6S. The molecule has 0 spiro atoms. The van der Waals surface area contributed by atoms with E-state index >= 15 is 0 Å². The van der Waals surface area contributed by atoms with Gasteiger partial charge in [0.1, 0.15) is 5.82 Å². The number of likely N-dealkylation sites (N-methyl/N-ethyl adjacent to an activating group) is 1. The zero-order valence-corrected chi connectivity index (χ0v) is 18.6. The van der Waals surface area contributed by atoms with Crippen molar-refractivity contribution in [1.29, 1.82) is 0 Å². The highest BCUT2D eigenvalue weighted by molar-refractivity contribution is 7.99. The quantitative estimate of drug-likeness (QED) is 0.303. The molecule has 1 saturated heterocycles. The molecule has 29 heavy (non-hydrogen) atoms. The van der Waals surface area contributed by atoms with Gasteiger partial charge >= 0.3 is 0 Å². The summed E-state index contributed by atoms with van der Waals surface area (Å²) in [5.41, 5.74) is 1.20. The van der Waals surface area contributed by atoms with Gasteiger partial charge in [-0.05, 0) is 49.0 Å². The minimum absolute atomic E-state index is 0.716. The Hall–Kier alpha value is -1.96. The molecule has 2 N–H and O–H groups in total. The average Bonchev–Trinajstić information content (AvgIpc) is 2.75. The molecule has 0 radical (unpaired) electrons. The minimum Gasteiger partial charge on any atom is -0.356 e. The number of hydrogen-bond acceptors (Lipinski definition) is 5. The molecule has 1 aliphatic heterocycles. The molecule has 6 nitrogen and oxygen atoms in total. The maximum atomic E-state index is 5.92. The Balaban J connectivity index is 1.42. The van der Waals surface area contributed by atoms with Crippen LogP contribution in [-0.2, 0) is 6.54 Å². The van der Waals surface area contributed by atoms with Crippen molar-refractivity contribution in [2.24, 2.45) is 4.99 Å². The molecule has 2 aromatic rings. The lowest BCUT2D eigenvalue weighted by molar-refractivity contribution is 0.312. The molecule has 3 rings (SSSR count). The second-order valence-corrected chi connectivity index (χ2v) is 8.57. The number of anilines is 1. The monoisotopic (exact) mass is 432 g/mol. The van der Waals surface area contributed by atoms with Crippen LogP contribution in [0, 0.1) is 0 Å². The van der Waals surface area contributed by atoms with Crippen LogP contribution in [0.15, 0.2) is 52.5 Å². The first-order valence-electron chi connectivity index (χ1n) is 9.85. The molecule has 1 aromatic heterocycles. The van der Waals surface area contributed by atoms with E-state index in [4.69, 9.17) is 11.6 Å². The molecule has 1 aromatic carbocycles. The Labute approximate surface area is 182 Å². The number of aromatic nitrogens is 1. The predicted octanol–water partition coefficient (Wildman–Crippen LogP) is 2.94. The normalized spacial score (nSPS) is 15.4. The van der Waals surface area contributed by atoms with Crippen molar-refractivity contribution in [3.8, 4) is 0 Å². The molecule has 1 fully saturated rings. The fraction of sp³-hybridized carbons (Fsp3) is 0.429. The fourth-order valence-corrected chi connectivity index (χ4v) is 3.95. The van der Waals surface area contributed by atoms with Crippen LogP contribution < -0.4 is 15.5 Å². The number of pyridine rings is 1. The first-order valence-corrected chi connectivity index (χ1v) is 11.2. The van der Waals surface area contributed by atoms with Gasteiger partial charge in [0.15, 0.2) is 5.96 Å². The van der Waals surface area contributed by atoms with Gasteiger partial charge in [-0.3, -0.25) is 4.99 Å². The summed E-state index contributed by atoms with van der Waals surface area (Å²) in [6.07, 6.45) is 1.89. The first kappa shape index (κ1) is 21.7. The lowest BCUT2D eigenvalue weighted by atomic mass is 10.2. The maximum Gasteiger partial charge on any atom is 0.191 e. The smallest absolute Gasteiger partial charge is 0.191 e. The van der Waals surface area contributed by atoms with Crippen molar-refractivity contribution in [2.75, 3.05) is 57.5 Å². The highest BCUT2D eigenvalue weighted by Gasteiger charge is 2.15. The molecule has 0 unspecified atom stereocenters. The summed E-state index contributed by atoms with van der Waals surface area (Å²) in [4.78, 5) is 14.8. The Morgan fingerprint density at radius 2 is 1.90 bits per heavy atom. The summed E-state index contributed by atoms with van der Waals surface area (Å²) in [6.45, 7) is 5.75. The second kappa shape index (κ2) is 11.3. The molecule has 8 heteroatoms. The van der Waals surface area contributed by atoms with Crippen LogP contribution in [0.2, 0.25) is 5.02 Å². The molecule has 0 aliphatic carbocycles. The number of thioether (sulfide) groups is 1. The molecule has 1 aliphatic rings. The minimum atomic E-state index is 0.716. The van der Waals surface area contributed by atoms with Crippen LogP contribution >= 0.6 is 23.4 Å². The van der Waals surface area contributed by atoms with Gasteiger partial charge in [-0.25, -0.2) is 4.98 Å². The molecule has 0 bridgehead atoms. The van der Waals surface area contributed by atoms with E-state index in [0.717, 1.165) is 55.3 Å². The van der Waals surface area contributed by atoms with Gasteiger partial charge in [-0.2, -0.15) is 0 Å². The van der Waals surface area contributed by atoms with Gasteiger partial charge in [-0.15, -0.1) is 11.8 Å². The lowest BCUT2D eigenvalue weighted by Gasteiger charge is -2.33. The fourth-order valence-electron chi connectivity index (χ4n) is 3.05. The number of nitrogens with one attached hydrogen (secondary N) is 2. The third-order valence-electron chi connectivity index (χ3n) is 4.80. The number of aliphatic imine (C=N–C) groups is 1. The van der Waals surface area contributed by atoms with Gasteiger partial charge in [0.05, 0.1) is 0 Å². The van der Waals surface area contributed by atoms with Gasteiger partial charge in [0.25, 0.3) is 0 Å². The van der Waals surface area contributed by atoms with Gasteiger partial charge in [0.2, 0.25) is 0 Å². The van der Waals surface area contributed by atoms with Gasteiger partial charge in [0, 0.05) is 68.2 Å². The standard InChI is InChI=1S/C21H29ClN6S/c1-23-21(25-9-14-29-19-5-3-18(22)4-6-19)26-16-17-7-8-24-20(15-17)28-12-10-27(2)11-13-28/h3-8,15H,9-14,16H2,1-2H3,(H2,23,25,26). The summed E-state index contributed by atoms with van der Waals surface area (Å²) in [6, 6.07) is 12.1.